The quantitative estimate of drug-likeness (QED) is 0.699. The molecule has 1 saturated heterocycles. The highest BCUT2D eigenvalue weighted by atomic mass is 16.5. The number of piperidine rings is 1. The number of benzene rings is 1. The maximum Gasteiger partial charge on any atom is 0.319 e. The van der Waals surface area contributed by atoms with Crippen LogP contribution in [0.1, 0.15) is 24.0 Å². The molecule has 1 N–H and O–H groups in total. The lowest BCUT2D eigenvalue weighted by atomic mass is 9.85. The summed E-state index contributed by atoms with van der Waals surface area (Å²) in [7, 11) is 2.98. The van der Waals surface area contributed by atoms with Crippen LogP contribution in [0.2, 0.25) is 0 Å². The van der Waals surface area contributed by atoms with Gasteiger partial charge in [0, 0.05) is 31.4 Å². The molecule has 8 heteroatoms. The molecule has 0 spiro atoms. The smallest absolute Gasteiger partial charge is 0.319 e. The third kappa shape index (κ3) is 3.68. The van der Waals surface area contributed by atoms with Crippen LogP contribution in [0, 0.1) is 0 Å². The van der Waals surface area contributed by atoms with E-state index in [1.165, 1.54) is 20.5 Å². The third-order valence-electron chi connectivity index (χ3n) is 5.44. The monoisotopic (exact) mass is 397 g/mol. The van der Waals surface area contributed by atoms with Crippen LogP contribution in [0.15, 0.2) is 45.9 Å². The predicted molar refractivity (Wildman–Crippen MR) is 106 cm³/mol. The number of methoxy groups -OCH3 is 2. The van der Waals surface area contributed by atoms with Crippen molar-refractivity contribution in [3.8, 4) is 11.9 Å². The fourth-order valence-electron chi connectivity index (χ4n) is 3.74. The van der Waals surface area contributed by atoms with Gasteiger partial charge in [-0.05, 0) is 25.0 Å². The Kier molecular flexibility index (Phi) is 5.21. The van der Waals surface area contributed by atoms with Crippen LogP contribution in [0.5, 0.6) is 11.9 Å². The van der Waals surface area contributed by atoms with Gasteiger partial charge in [-0.25, -0.2) is 4.98 Å². The number of nitrogens with zero attached hydrogens (tertiary/aromatic N) is 3. The lowest BCUT2D eigenvalue weighted by Crippen LogP contribution is -2.43. The Balaban J connectivity index is 1.50. The second kappa shape index (κ2) is 7.81. The van der Waals surface area contributed by atoms with Gasteiger partial charge in [0.2, 0.25) is 5.88 Å². The van der Waals surface area contributed by atoms with Crippen LogP contribution < -0.4 is 14.9 Å². The minimum Gasteiger partial charge on any atom is -0.481 e. The van der Waals surface area contributed by atoms with Gasteiger partial charge in [0.1, 0.15) is 5.58 Å². The Labute approximate surface area is 167 Å². The summed E-state index contributed by atoms with van der Waals surface area (Å²) in [6, 6.07) is 7.42. The SMILES string of the molecule is COc1ncc(C2(O)CCN(Cc3coc4ccccc4c3=O)CC2)c(OC)n1. The maximum absolute atomic E-state index is 12.7. The van der Waals surface area contributed by atoms with Crippen molar-refractivity contribution in [2.75, 3.05) is 27.3 Å². The van der Waals surface area contributed by atoms with Gasteiger partial charge < -0.3 is 19.0 Å². The standard InChI is InChI=1S/C21H23N3O5/c1-27-19-16(11-22-20(23-19)28-2)21(26)7-9-24(10-8-21)12-14-13-29-17-6-4-3-5-15(17)18(14)25/h3-6,11,13,26H,7-10,12H2,1-2H3. The Hall–Kier alpha value is -2.97. The molecule has 152 valence electrons. The molecule has 1 aromatic carbocycles. The van der Waals surface area contributed by atoms with Crippen molar-refractivity contribution < 1.29 is 19.0 Å². The van der Waals surface area contributed by atoms with Crippen molar-refractivity contribution >= 4 is 11.0 Å². The van der Waals surface area contributed by atoms with E-state index < -0.39 is 5.60 Å². The number of hydrogen-bond donors (Lipinski definition) is 1. The zero-order valence-corrected chi connectivity index (χ0v) is 16.4. The highest BCUT2D eigenvalue weighted by Crippen LogP contribution is 2.37. The van der Waals surface area contributed by atoms with Crippen molar-refractivity contribution in [2.24, 2.45) is 0 Å². The highest BCUT2D eigenvalue weighted by Gasteiger charge is 2.37. The van der Waals surface area contributed by atoms with E-state index in [-0.39, 0.29) is 11.4 Å². The van der Waals surface area contributed by atoms with E-state index in [1.807, 2.05) is 12.1 Å². The molecule has 4 rings (SSSR count). The zero-order chi connectivity index (χ0) is 20.4. The molecule has 0 bridgehead atoms. The van der Waals surface area contributed by atoms with Gasteiger partial charge in [-0.2, -0.15) is 4.98 Å². The Morgan fingerprint density at radius 2 is 1.97 bits per heavy atom. The fraction of sp³-hybridized carbons (Fsp3) is 0.381. The zero-order valence-electron chi connectivity index (χ0n) is 16.4. The van der Waals surface area contributed by atoms with Gasteiger partial charge in [-0.15, -0.1) is 0 Å². The number of hydrogen-bond acceptors (Lipinski definition) is 8. The summed E-state index contributed by atoms with van der Waals surface area (Å²) in [5.74, 6) is 0.308. The lowest BCUT2D eigenvalue weighted by Gasteiger charge is -2.38. The summed E-state index contributed by atoms with van der Waals surface area (Å²) in [5.41, 5.74) is 0.631. The summed E-state index contributed by atoms with van der Waals surface area (Å²) in [5, 5.41) is 11.8. The van der Waals surface area contributed by atoms with Crippen molar-refractivity contribution in [2.45, 2.75) is 25.0 Å². The predicted octanol–water partition coefficient (Wildman–Crippen LogP) is 2.08. The van der Waals surface area contributed by atoms with Crippen molar-refractivity contribution in [1.29, 1.82) is 0 Å². The van der Waals surface area contributed by atoms with Crippen LogP contribution in [0.3, 0.4) is 0 Å². The average molecular weight is 397 g/mol. The maximum atomic E-state index is 12.7. The van der Waals surface area contributed by atoms with Gasteiger partial charge in [0.15, 0.2) is 5.43 Å². The van der Waals surface area contributed by atoms with Gasteiger partial charge in [-0.3, -0.25) is 9.69 Å². The topological polar surface area (TPSA) is 97.9 Å². The molecular formula is C21H23N3O5. The summed E-state index contributed by atoms with van der Waals surface area (Å²) in [4.78, 5) is 23.1. The molecule has 0 aliphatic carbocycles. The Morgan fingerprint density at radius 3 is 2.69 bits per heavy atom. The van der Waals surface area contributed by atoms with E-state index in [9.17, 15) is 9.90 Å². The molecule has 2 aromatic heterocycles. The molecule has 29 heavy (non-hydrogen) atoms. The minimum absolute atomic E-state index is 0.0158. The first-order valence-electron chi connectivity index (χ1n) is 9.44. The molecule has 1 aliphatic rings. The van der Waals surface area contributed by atoms with Crippen molar-refractivity contribution in [3.63, 3.8) is 0 Å². The summed E-state index contributed by atoms with van der Waals surface area (Å²) in [6.07, 6.45) is 4.03. The van der Waals surface area contributed by atoms with Gasteiger partial charge in [-0.1, -0.05) is 12.1 Å². The Morgan fingerprint density at radius 1 is 1.21 bits per heavy atom. The molecule has 3 heterocycles. The van der Waals surface area contributed by atoms with E-state index in [1.54, 1.807) is 18.3 Å². The number of aromatic nitrogens is 2. The molecule has 3 aromatic rings. The molecule has 0 unspecified atom stereocenters. The van der Waals surface area contributed by atoms with E-state index in [0.29, 0.717) is 60.5 Å². The van der Waals surface area contributed by atoms with Crippen LogP contribution >= 0.6 is 0 Å². The molecule has 0 atom stereocenters. The minimum atomic E-state index is -1.10. The van der Waals surface area contributed by atoms with E-state index in [4.69, 9.17) is 13.9 Å². The van der Waals surface area contributed by atoms with Crippen LogP contribution in [-0.4, -0.2) is 47.3 Å². The lowest BCUT2D eigenvalue weighted by molar-refractivity contribution is -0.0301. The number of aliphatic hydroxyl groups is 1. The number of likely N-dealkylation sites (tertiary alicyclic amines) is 1. The first kappa shape index (κ1) is 19.4. The molecule has 0 amide bonds. The number of fused-ring (bicyclic) bond motifs is 1. The van der Waals surface area contributed by atoms with Crippen LogP contribution in [0.25, 0.3) is 11.0 Å². The first-order valence-corrected chi connectivity index (χ1v) is 9.44. The molecule has 1 aliphatic heterocycles. The largest absolute Gasteiger partial charge is 0.481 e. The molecule has 0 saturated carbocycles. The van der Waals surface area contributed by atoms with Gasteiger partial charge in [0.25, 0.3) is 0 Å². The van der Waals surface area contributed by atoms with Crippen molar-refractivity contribution in [1.82, 2.24) is 14.9 Å². The fourth-order valence-corrected chi connectivity index (χ4v) is 3.74. The summed E-state index contributed by atoms with van der Waals surface area (Å²) >= 11 is 0. The first-order chi connectivity index (χ1) is 14.0. The normalized spacial score (nSPS) is 16.7. The van der Waals surface area contributed by atoms with Crippen molar-refractivity contribution in [3.05, 3.63) is 58.1 Å². The van der Waals surface area contributed by atoms with Gasteiger partial charge in [0.05, 0.1) is 37.0 Å². The average Bonchev–Trinajstić information content (AvgIpc) is 2.77. The Bertz CT molecular complexity index is 1070. The van der Waals surface area contributed by atoms with Gasteiger partial charge >= 0.3 is 6.01 Å². The second-order valence-corrected chi connectivity index (χ2v) is 7.17. The van der Waals surface area contributed by atoms with E-state index in [0.717, 1.165) is 0 Å². The summed E-state index contributed by atoms with van der Waals surface area (Å²) < 4.78 is 16.0. The van der Waals surface area contributed by atoms with Crippen LogP contribution in [0.4, 0.5) is 0 Å². The number of rotatable bonds is 5. The molecule has 8 nitrogen and oxygen atoms in total. The van der Waals surface area contributed by atoms with Crippen LogP contribution in [-0.2, 0) is 12.1 Å². The molecule has 1 fully saturated rings. The summed E-state index contributed by atoms with van der Waals surface area (Å²) in [6.45, 7) is 1.69. The number of ether oxygens (including phenoxy) is 2. The third-order valence-corrected chi connectivity index (χ3v) is 5.44. The molecular weight excluding hydrogens is 374 g/mol. The van der Waals surface area contributed by atoms with E-state index in [2.05, 4.69) is 14.9 Å². The second-order valence-electron chi connectivity index (χ2n) is 7.17. The molecule has 0 radical (unpaired) electrons. The van der Waals surface area contributed by atoms with E-state index >= 15 is 0 Å². The number of para-hydroxylation sites is 1. The highest BCUT2D eigenvalue weighted by molar-refractivity contribution is 5.76.